The molecule has 126 valence electrons. The van der Waals surface area contributed by atoms with E-state index in [0.717, 1.165) is 22.0 Å². The molecule has 24 heavy (non-hydrogen) atoms. The third-order valence-corrected chi connectivity index (χ3v) is 4.07. The van der Waals surface area contributed by atoms with Gasteiger partial charge in [0.25, 0.3) is 0 Å². The van der Waals surface area contributed by atoms with Crippen LogP contribution in [0.1, 0.15) is 16.7 Å². The molecule has 0 spiro atoms. The zero-order valence-electron chi connectivity index (χ0n) is 13.4. The molecule has 5 heteroatoms. The standard InChI is InChI=1S/C19H20N2O2.ClH/c1-13-6-8-14(9-7-13)11-20-18(19(22)23)10-15-12-21-17-5-3-2-4-16(15)17;/h2-9,12,18,20-21H,10-11H2,1H3,(H,22,23);1H/p-1. The number of aryl methyl sites for hydroxylation is 1. The second-order valence-corrected chi connectivity index (χ2v) is 5.82. The van der Waals surface area contributed by atoms with Gasteiger partial charge in [0.05, 0.1) is 0 Å². The Hall–Kier alpha value is -2.30. The van der Waals surface area contributed by atoms with Crippen molar-refractivity contribution >= 4 is 16.9 Å². The minimum atomic E-state index is -0.831. The largest absolute Gasteiger partial charge is 1.00 e. The first-order valence-corrected chi connectivity index (χ1v) is 7.70. The monoisotopic (exact) mass is 343 g/mol. The highest BCUT2D eigenvalue weighted by molar-refractivity contribution is 5.84. The molecule has 0 saturated carbocycles. The van der Waals surface area contributed by atoms with Crippen LogP contribution in [0.15, 0.2) is 54.7 Å². The van der Waals surface area contributed by atoms with Crippen molar-refractivity contribution in [1.82, 2.24) is 10.3 Å². The Morgan fingerprint density at radius 3 is 2.58 bits per heavy atom. The molecule has 1 aromatic heterocycles. The molecule has 3 N–H and O–H groups in total. The van der Waals surface area contributed by atoms with Crippen molar-refractivity contribution < 1.29 is 22.3 Å². The SMILES string of the molecule is Cc1ccc(CNC(Cc2c[nH]c3ccccc23)C(=O)O)cc1.[Cl-]. The average molecular weight is 344 g/mol. The van der Waals surface area contributed by atoms with E-state index < -0.39 is 12.0 Å². The normalized spacial score (nSPS) is 11.9. The molecule has 1 heterocycles. The third-order valence-electron chi connectivity index (χ3n) is 4.07. The number of benzene rings is 2. The maximum absolute atomic E-state index is 11.6. The van der Waals surface area contributed by atoms with Gasteiger partial charge in [0.2, 0.25) is 0 Å². The van der Waals surface area contributed by atoms with E-state index in [2.05, 4.69) is 10.3 Å². The lowest BCUT2D eigenvalue weighted by molar-refractivity contribution is -0.139. The number of aromatic amines is 1. The highest BCUT2D eigenvalue weighted by atomic mass is 35.5. The number of para-hydroxylation sites is 1. The molecule has 0 bridgehead atoms. The molecule has 0 radical (unpaired) electrons. The molecule has 0 saturated heterocycles. The van der Waals surface area contributed by atoms with Gasteiger partial charge in [0, 0.05) is 30.1 Å². The quantitative estimate of drug-likeness (QED) is 0.602. The van der Waals surface area contributed by atoms with Gasteiger partial charge < -0.3 is 27.8 Å². The molecular weight excluding hydrogens is 324 g/mol. The summed E-state index contributed by atoms with van der Waals surface area (Å²) in [6, 6.07) is 15.4. The molecule has 1 atom stereocenters. The Balaban J connectivity index is 0.00000208. The third kappa shape index (κ3) is 4.16. The van der Waals surface area contributed by atoms with Crippen molar-refractivity contribution in [3.63, 3.8) is 0 Å². The Bertz CT molecular complexity index is 812. The molecule has 4 nitrogen and oxygen atoms in total. The second kappa shape index (κ2) is 7.99. The number of nitrogens with one attached hydrogen (secondary N) is 2. The van der Waals surface area contributed by atoms with Crippen LogP contribution in [0.4, 0.5) is 0 Å². The number of hydrogen-bond donors (Lipinski definition) is 3. The number of carboxylic acid groups (broad SMARTS) is 1. The van der Waals surface area contributed by atoms with Crippen molar-refractivity contribution in [2.75, 3.05) is 0 Å². The van der Waals surface area contributed by atoms with Gasteiger partial charge in [-0.05, 0) is 24.1 Å². The molecule has 0 aliphatic heterocycles. The molecule has 0 fully saturated rings. The summed E-state index contributed by atoms with van der Waals surface area (Å²) in [4.78, 5) is 14.8. The predicted molar refractivity (Wildman–Crippen MR) is 91.4 cm³/mol. The Labute approximate surface area is 147 Å². The molecule has 2 aromatic carbocycles. The highest BCUT2D eigenvalue weighted by Crippen LogP contribution is 2.19. The van der Waals surface area contributed by atoms with Crippen LogP contribution >= 0.6 is 0 Å². The number of carbonyl (C=O) groups is 1. The van der Waals surface area contributed by atoms with Crippen LogP contribution in [0.25, 0.3) is 10.9 Å². The number of aromatic nitrogens is 1. The number of carboxylic acids is 1. The number of halogens is 1. The van der Waals surface area contributed by atoms with E-state index in [-0.39, 0.29) is 12.4 Å². The lowest BCUT2D eigenvalue weighted by atomic mass is 10.0. The van der Waals surface area contributed by atoms with Crippen molar-refractivity contribution in [3.8, 4) is 0 Å². The van der Waals surface area contributed by atoms with E-state index in [9.17, 15) is 9.90 Å². The van der Waals surface area contributed by atoms with E-state index in [1.165, 1.54) is 5.56 Å². The van der Waals surface area contributed by atoms with Gasteiger partial charge in [-0.3, -0.25) is 4.79 Å². The van der Waals surface area contributed by atoms with Crippen LogP contribution in [0.5, 0.6) is 0 Å². The zero-order valence-corrected chi connectivity index (χ0v) is 14.2. The van der Waals surface area contributed by atoms with Gasteiger partial charge in [-0.1, -0.05) is 48.0 Å². The Morgan fingerprint density at radius 2 is 1.88 bits per heavy atom. The molecule has 0 aliphatic carbocycles. The minimum absolute atomic E-state index is 0. The minimum Gasteiger partial charge on any atom is -1.00 e. The van der Waals surface area contributed by atoms with Gasteiger partial charge in [0.1, 0.15) is 6.04 Å². The van der Waals surface area contributed by atoms with Crippen molar-refractivity contribution in [2.24, 2.45) is 0 Å². The van der Waals surface area contributed by atoms with Crippen molar-refractivity contribution in [1.29, 1.82) is 0 Å². The van der Waals surface area contributed by atoms with E-state index in [0.29, 0.717) is 13.0 Å². The topological polar surface area (TPSA) is 65.1 Å². The summed E-state index contributed by atoms with van der Waals surface area (Å²) in [6.07, 6.45) is 2.35. The highest BCUT2D eigenvalue weighted by Gasteiger charge is 2.19. The summed E-state index contributed by atoms with van der Waals surface area (Å²) >= 11 is 0. The van der Waals surface area contributed by atoms with Crippen molar-refractivity contribution in [2.45, 2.75) is 25.9 Å². The smallest absolute Gasteiger partial charge is 0.321 e. The fourth-order valence-electron chi connectivity index (χ4n) is 2.71. The molecule has 3 aromatic rings. The lowest BCUT2D eigenvalue weighted by Gasteiger charge is -2.14. The summed E-state index contributed by atoms with van der Waals surface area (Å²) in [5.41, 5.74) is 4.33. The fourth-order valence-corrected chi connectivity index (χ4v) is 2.71. The average Bonchev–Trinajstić information content (AvgIpc) is 2.96. The summed E-state index contributed by atoms with van der Waals surface area (Å²) < 4.78 is 0. The molecule has 1 unspecified atom stereocenters. The molecule has 0 aliphatic rings. The Morgan fingerprint density at radius 1 is 1.17 bits per heavy atom. The number of H-pyrrole nitrogens is 1. The molecular formula is C19H20ClN2O2-. The first-order valence-electron chi connectivity index (χ1n) is 7.70. The summed E-state index contributed by atoms with van der Waals surface area (Å²) in [5.74, 6) is -0.831. The number of aliphatic carboxylic acids is 1. The van der Waals surface area contributed by atoms with Gasteiger partial charge >= 0.3 is 5.97 Å². The van der Waals surface area contributed by atoms with E-state index in [1.54, 1.807) is 0 Å². The maximum atomic E-state index is 11.6. The maximum Gasteiger partial charge on any atom is 0.321 e. The number of fused-ring (bicyclic) bond motifs is 1. The summed E-state index contributed by atoms with van der Waals surface area (Å²) in [7, 11) is 0. The van der Waals surface area contributed by atoms with Crippen LogP contribution in [0, 0.1) is 6.92 Å². The molecule has 0 amide bonds. The van der Waals surface area contributed by atoms with Gasteiger partial charge in [0.15, 0.2) is 0 Å². The second-order valence-electron chi connectivity index (χ2n) is 5.82. The van der Waals surface area contributed by atoms with Crippen molar-refractivity contribution in [3.05, 3.63) is 71.4 Å². The van der Waals surface area contributed by atoms with E-state index >= 15 is 0 Å². The van der Waals surface area contributed by atoms with Crippen LogP contribution in [-0.4, -0.2) is 22.1 Å². The van der Waals surface area contributed by atoms with Gasteiger partial charge in [-0.25, -0.2) is 0 Å². The van der Waals surface area contributed by atoms with Crippen LogP contribution in [-0.2, 0) is 17.8 Å². The zero-order chi connectivity index (χ0) is 16.2. The van der Waals surface area contributed by atoms with Gasteiger partial charge in [-0.2, -0.15) is 0 Å². The summed E-state index contributed by atoms with van der Waals surface area (Å²) in [5, 5.41) is 13.7. The summed E-state index contributed by atoms with van der Waals surface area (Å²) in [6.45, 7) is 2.58. The lowest BCUT2D eigenvalue weighted by Crippen LogP contribution is -3.00. The number of rotatable bonds is 6. The Kier molecular flexibility index (Phi) is 6.01. The molecule has 3 rings (SSSR count). The van der Waals surface area contributed by atoms with Crippen LogP contribution in [0.3, 0.4) is 0 Å². The first-order chi connectivity index (χ1) is 11.1. The predicted octanol–water partition coefficient (Wildman–Crippen LogP) is 0.266. The fraction of sp³-hybridized carbons (Fsp3) is 0.211. The van der Waals surface area contributed by atoms with Crippen LogP contribution in [0.2, 0.25) is 0 Å². The van der Waals surface area contributed by atoms with E-state index in [1.807, 2.05) is 61.7 Å². The van der Waals surface area contributed by atoms with E-state index in [4.69, 9.17) is 0 Å². The number of hydrogen-bond acceptors (Lipinski definition) is 2. The van der Waals surface area contributed by atoms with Crippen LogP contribution < -0.4 is 17.7 Å². The first kappa shape index (κ1) is 18.0. The van der Waals surface area contributed by atoms with Gasteiger partial charge in [-0.15, -0.1) is 0 Å².